The van der Waals surface area contributed by atoms with Crippen LogP contribution in [0.4, 0.5) is 0 Å². The normalized spacial score (nSPS) is 13.2. The van der Waals surface area contributed by atoms with Crippen molar-refractivity contribution in [3.63, 3.8) is 0 Å². The van der Waals surface area contributed by atoms with E-state index in [2.05, 4.69) is 4.98 Å². The summed E-state index contributed by atoms with van der Waals surface area (Å²) in [5.74, 6) is -0.846. The Bertz CT molecular complexity index is 382. The van der Waals surface area contributed by atoms with Gasteiger partial charge >= 0.3 is 5.97 Å². The topological polar surface area (TPSA) is 59.4 Å². The maximum absolute atomic E-state index is 10.9. The lowest BCUT2D eigenvalue weighted by Gasteiger charge is -2.27. The molecule has 0 aliphatic heterocycles. The number of carbonyl (C=O) groups is 1. The average Bonchev–Trinajstić information content (AvgIpc) is 2.16. The van der Waals surface area contributed by atoms with Crippen molar-refractivity contribution in [1.29, 1.82) is 0 Å². The summed E-state index contributed by atoms with van der Waals surface area (Å²) < 4.78 is 5.58. The van der Waals surface area contributed by atoms with Crippen molar-refractivity contribution >= 4 is 5.97 Å². The monoisotopic (exact) mass is 223 g/mol. The number of hydrogen-bond acceptors (Lipinski definition) is 3. The molecule has 1 N–H and O–H groups in total. The van der Waals surface area contributed by atoms with E-state index in [0.29, 0.717) is 0 Å². The number of pyridine rings is 1. The fraction of sp³-hybridized carbons (Fsp3) is 0.500. The Morgan fingerprint density at radius 3 is 2.62 bits per heavy atom. The van der Waals surface area contributed by atoms with Gasteiger partial charge in [-0.3, -0.25) is 0 Å². The predicted octanol–water partition coefficient (Wildman–Crippen LogP) is 2.59. The van der Waals surface area contributed by atoms with Gasteiger partial charge in [-0.25, -0.2) is 9.78 Å². The molecule has 4 heteroatoms. The second-order valence-corrected chi connectivity index (χ2v) is 4.79. The van der Waals surface area contributed by atoms with Gasteiger partial charge in [0.05, 0.1) is 0 Å². The molecule has 0 saturated carbocycles. The van der Waals surface area contributed by atoms with E-state index < -0.39 is 5.97 Å². The molecule has 0 aliphatic carbocycles. The number of rotatable bonds is 3. The molecular weight excluding hydrogens is 206 g/mol. The van der Waals surface area contributed by atoms with E-state index in [9.17, 15) is 4.79 Å². The summed E-state index contributed by atoms with van der Waals surface area (Å²) in [5.41, 5.74) is 0.0337. The Labute approximate surface area is 95.3 Å². The van der Waals surface area contributed by atoms with E-state index in [4.69, 9.17) is 9.84 Å². The second kappa shape index (κ2) is 4.51. The van der Waals surface area contributed by atoms with Crippen LogP contribution in [0.25, 0.3) is 0 Å². The molecule has 1 atom stereocenters. The molecular formula is C12H17NO3. The lowest BCUT2D eigenvalue weighted by molar-refractivity contribution is 0.0666. The Balaban J connectivity index is 2.93. The largest absolute Gasteiger partial charge is 0.477 e. The van der Waals surface area contributed by atoms with Crippen LogP contribution in [0, 0.1) is 5.41 Å². The molecule has 1 aromatic rings. The van der Waals surface area contributed by atoms with Gasteiger partial charge in [0.2, 0.25) is 5.88 Å². The molecule has 4 nitrogen and oxygen atoms in total. The first-order chi connectivity index (χ1) is 7.32. The van der Waals surface area contributed by atoms with E-state index in [1.165, 1.54) is 12.3 Å². The van der Waals surface area contributed by atoms with Gasteiger partial charge in [-0.1, -0.05) is 20.8 Å². The third-order valence-electron chi connectivity index (χ3n) is 2.51. The summed E-state index contributed by atoms with van der Waals surface area (Å²) in [4.78, 5) is 14.9. The van der Waals surface area contributed by atoms with Crippen LogP contribution >= 0.6 is 0 Å². The first-order valence-electron chi connectivity index (χ1n) is 5.17. The van der Waals surface area contributed by atoms with Gasteiger partial charge in [0.15, 0.2) is 0 Å². The molecule has 0 aliphatic rings. The minimum atomic E-state index is -1.02. The fourth-order valence-corrected chi connectivity index (χ4v) is 0.992. The van der Waals surface area contributed by atoms with Gasteiger partial charge < -0.3 is 9.84 Å². The van der Waals surface area contributed by atoms with Crippen molar-refractivity contribution in [3.05, 3.63) is 23.9 Å². The number of hydrogen-bond donors (Lipinski definition) is 1. The number of ether oxygens (including phenoxy) is 1. The summed E-state index contributed by atoms with van der Waals surface area (Å²) in [6.07, 6.45) is 1.41. The molecule has 0 spiro atoms. The molecule has 0 radical (unpaired) electrons. The van der Waals surface area contributed by atoms with Gasteiger partial charge in [0.1, 0.15) is 11.7 Å². The zero-order chi connectivity index (χ0) is 12.3. The third-order valence-corrected chi connectivity index (χ3v) is 2.51. The highest BCUT2D eigenvalue weighted by atomic mass is 16.5. The van der Waals surface area contributed by atoms with Crippen molar-refractivity contribution in [2.75, 3.05) is 0 Å². The first kappa shape index (κ1) is 12.5. The van der Waals surface area contributed by atoms with Gasteiger partial charge in [-0.2, -0.15) is 0 Å². The molecule has 1 heterocycles. The fourth-order valence-electron chi connectivity index (χ4n) is 0.992. The Kier molecular flexibility index (Phi) is 3.52. The third kappa shape index (κ3) is 2.95. The molecule has 1 rings (SSSR count). The van der Waals surface area contributed by atoms with E-state index in [0.717, 1.165) is 0 Å². The van der Waals surface area contributed by atoms with Crippen LogP contribution in [0.15, 0.2) is 18.3 Å². The number of carboxylic acids is 1. The Hall–Kier alpha value is -1.58. The van der Waals surface area contributed by atoms with Crippen LogP contribution in [0.2, 0.25) is 0 Å². The molecule has 1 unspecified atom stereocenters. The molecule has 0 amide bonds. The van der Waals surface area contributed by atoms with E-state index >= 15 is 0 Å². The molecule has 0 aromatic carbocycles. The van der Waals surface area contributed by atoms with Crippen LogP contribution in [0.1, 0.15) is 38.1 Å². The highest BCUT2D eigenvalue weighted by Gasteiger charge is 2.24. The first-order valence-corrected chi connectivity index (χ1v) is 5.17. The Morgan fingerprint density at radius 1 is 1.50 bits per heavy atom. The average molecular weight is 223 g/mol. The minimum Gasteiger partial charge on any atom is -0.477 e. The van der Waals surface area contributed by atoms with Gasteiger partial charge in [0.25, 0.3) is 0 Å². The van der Waals surface area contributed by atoms with E-state index in [1.807, 2.05) is 27.7 Å². The lowest BCUT2D eigenvalue weighted by Crippen LogP contribution is -2.29. The van der Waals surface area contributed by atoms with Gasteiger partial charge in [0, 0.05) is 6.20 Å². The minimum absolute atomic E-state index is 0.0622. The lowest BCUT2D eigenvalue weighted by atomic mass is 9.90. The maximum Gasteiger partial charge on any atom is 0.341 e. The van der Waals surface area contributed by atoms with E-state index in [-0.39, 0.29) is 23.0 Å². The maximum atomic E-state index is 10.9. The van der Waals surface area contributed by atoms with Crippen molar-refractivity contribution in [2.45, 2.75) is 33.8 Å². The molecule has 1 aromatic heterocycles. The highest BCUT2D eigenvalue weighted by Crippen LogP contribution is 2.25. The van der Waals surface area contributed by atoms with Crippen molar-refractivity contribution in [1.82, 2.24) is 4.98 Å². The van der Waals surface area contributed by atoms with E-state index in [1.54, 1.807) is 6.07 Å². The molecule has 0 bridgehead atoms. The highest BCUT2D eigenvalue weighted by molar-refractivity contribution is 5.90. The summed E-state index contributed by atoms with van der Waals surface area (Å²) in [5, 5.41) is 8.96. The summed E-state index contributed by atoms with van der Waals surface area (Å²) >= 11 is 0. The quantitative estimate of drug-likeness (QED) is 0.855. The Morgan fingerprint density at radius 2 is 2.12 bits per heavy atom. The molecule has 16 heavy (non-hydrogen) atoms. The molecule has 88 valence electrons. The van der Waals surface area contributed by atoms with Crippen molar-refractivity contribution in [3.8, 4) is 5.88 Å². The van der Waals surface area contributed by atoms with Crippen LogP contribution in [-0.2, 0) is 0 Å². The number of nitrogens with zero attached hydrogens (tertiary/aromatic N) is 1. The number of aromatic carboxylic acids is 1. The zero-order valence-corrected chi connectivity index (χ0v) is 10.0. The van der Waals surface area contributed by atoms with Crippen LogP contribution in [0.5, 0.6) is 5.88 Å². The van der Waals surface area contributed by atoms with Gasteiger partial charge in [-0.05, 0) is 24.5 Å². The smallest absolute Gasteiger partial charge is 0.341 e. The second-order valence-electron chi connectivity index (χ2n) is 4.79. The van der Waals surface area contributed by atoms with Gasteiger partial charge in [-0.15, -0.1) is 0 Å². The SMILES string of the molecule is CC(Oc1ncccc1C(=O)O)C(C)(C)C. The van der Waals surface area contributed by atoms with Crippen molar-refractivity contribution in [2.24, 2.45) is 5.41 Å². The van der Waals surface area contributed by atoms with Crippen LogP contribution < -0.4 is 4.74 Å². The van der Waals surface area contributed by atoms with Crippen molar-refractivity contribution < 1.29 is 14.6 Å². The standard InChI is InChI=1S/C12H17NO3/c1-8(12(2,3)4)16-10-9(11(14)15)6-5-7-13-10/h5-8H,1-4H3,(H,14,15). The summed E-state index contributed by atoms with van der Waals surface area (Å²) in [6.45, 7) is 7.99. The van der Waals surface area contributed by atoms with Crippen LogP contribution in [-0.4, -0.2) is 22.2 Å². The number of carboxylic acid groups (broad SMARTS) is 1. The molecule has 0 fully saturated rings. The zero-order valence-electron chi connectivity index (χ0n) is 10.0. The predicted molar refractivity (Wildman–Crippen MR) is 60.7 cm³/mol. The summed E-state index contributed by atoms with van der Waals surface area (Å²) in [7, 11) is 0. The van der Waals surface area contributed by atoms with Crippen LogP contribution in [0.3, 0.4) is 0 Å². The summed E-state index contributed by atoms with van der Waals surface area (Å²) in [6, 6.07) is 3.07. The number of aromatic nitrogens is 1. The molecule has 0 saturated heterocycles.